The Labute approximate surface area is 219 Å². The molecule has 6 heteroatoms. The molecular formula is C31H34N3O3-. The lowest BCUT2D eigenvalue weighted by Crippen LogP contribution is -2.44. The number of nitrogens with zero attached hydrogens (tertiary/aromatic N) is 2. The van der Waals surface area contributed by atoms with E-state index in [2.05, 4.69) is 13.8 Å². The SMILES string of the molecule is CC(C)CC1(C)C(=O)N(Cc2ccc(C3(C(=O)c4ccc(Oc5ccccc5)cc4)CC3)cc2)CN1[NH-]. The Morgan fingerprint density at radius 2 is 1.57 bits per heavy atom. The number of Topliss-reactive ketones (excluding diaryl/α,β-unsaturated/α-hetero) is 1. The summed E-state index contributed by atoms with van der Waals surface area (Å²) in [6.07, 6.45) is 2.33. The third kappa shape index (κ3) is 4.91. The van der Waals surface area contributed by atoms with E-state index in [1.54, 1.807) is 4.90 Å². The number of ether oxygens (including phenoxy) is 1. The number of benzene rings is 3. The summed E-state index contributed by atoms with van der Waals surface area (Å²) >= 11 is 0. The van der Waals surface area contributed by atoms with E-state index in [1.807, 2.05) is 85.8 Å². The molecule has 1 unspecified atom stereocenters. The number of carbonyl (C=O) groups is 2. The van der Waals surface area contributed by atoms with Crippen LogP contribution in [0.2, 0.25) is 0 Å². The minimum absolute atomic E-state index is 0.00816. The maximum atomic E-state index is 13.5. The molecule has 0 radical (unpaired) electrons. The Kier molecular flexibility index (Phi) is 6.65. The van der Waals surface area contributed by atoms with Gasteiger partial charge >= 0.3 is 0 Å². The molecule has 1 saturated heterocycles. The number of hydrogen-bond acceptors (Lipinski definition) is 4. The highest BCUT2D eigenvalue weighted by atomic mass is 16.5. The molecule has 0 bridgehead atoms. The Bertz CT molecular complexity index is 1270. The molecule has 1 aliphatic heterocycles. The second-order valence-corrected chi connectivity index (χ2v) is 11.0. The van der Waals surface area contributed by atoms with Crippen LogP contribution in [-0.2, 0) is 16.8 Å². The lowest BCUT2D eigenvalue weighted by molar-refractivity contribution is -0.133. The van der Waals surface area contributed by atoms with Crippen LogP contribution in [0.25, 0.3) is 5.84 Å². The molecule has 192 valence electrons. The van der Waals surface area contributed by atoms with Gasteiger partial charge in [0.1, 0.15) is 11.5 Å². The fourth-order valence-corrected chi connectivity index (χ4v) is 5.46. The van der Waals surface area contributed by atoms with Crippen LogP contribution in [0.15, 0.2) is 78.9 Å². The molecule has 6 nitrogen and oxygen atoms in total. The number of para-hydroxylation sites is 1. The lowest BCUT2D eigenvalue weighted by Gasteiger charge is -2.37. The van der Waals surface area contributed by atoms with Gasteiger partial charge in [0.2, 0.25) is 5.91 Å². The van der Waals surface area contributed by atoms with Crippen LogP contribution in [0.3, 0.4) is 0 Å². The molecule has 2 fully saturated rings. The molecular weight excluding hydrogens is 462 g/mol. The third-order valence-corrected chi connectivity index (χ3v) is 7.62. The summed E-state index contributed by atoms with van der Waals surface area (Å²) in [5.74, 6) is 10.3. The predicted octanol–water partition coefficient (Wildman–Crippen LogP) is 6.77. The van der Waals surface area contributed by atoms with Gasteiger partial charge in [-0.05, 0) is 79.6 Å². The quantitative estimate of drug-likeness (QED) is 0.307. The average Bonchev–Trinajstić information content (AvgIpc) is 3.67. The van der Waals surface area contributed by atoms with Crippen molar-refractivity contribution in [2.75, 3.05) is 6.67 Å². The van der Waals surface area contributed by atoms with Crippen LogP contribution in [0.4, 0.5) is 0 Å². The van der Waals surface area contributed by atoms with Crippen molar-refractivity contribution in [3.8, 4) is 11.5 Å². The summed E-state index contributed by atoms with van der Waals surface area (Å²) in [6, 6.07) is 25.0. The number of hydrogen-bond donors (Lipinski definition) is 0. The Morgan fingerprint density at radius 1 is 0.946 bits per heavy atom. The van der Waals surface area contributed by atoms with E-state index in [0.717, 1.165) is 29.7 Å². The van der Waals surface area contributed by atoms with Crippen LogP contribution >= 0.6 is 0 Å². The summed E-state index contributed by atoms with van der Waals surface area (Å²) in [6.45, 7) is 6.79. The fraction of sp³-hybridized carbons (Fsp3) is 0.355. The van der Waals surface area contributed by atoms with Gasteiger partial charge in [0.15, 0.2) is 5.78 Å². The van der Waals surface area contributed by atoms with Crippen molar-refractivity contribution >= 4 is 11.7 Å². The van der Waals surface area contributed by atoms with Crippen molar-refractivity contribution in [3.05, 3.63) is 101 Å². The zero-order valence-electron chi connectivity index (χ0n) is 21.7. The molecule has 1 atom stereocenters. The van der Waals surface area contributed by atoms with E-state index in [4.69, 9.17) is 10.6 Å². The number of rotatable bonds is 9. The van der Waals surface area contributed by atoms with Gasteiger partial charge in [0, 0.05) is 12.1 Å². The second kappa shape index (κ2) is 9.77. The molecule has 1 N–H and O–H groups in total. The molecule has 0 aromatic heterocycles. The monoisotopic (exact) mass is 496 g/mol. The van der Waals surface area contributed by atoms with Crippen molar-refractivity contribution in [2.45, 2.75) is 57.5 Å². The first kappa shape index (κ1) is 25.2. The largest absolute Gasteiger partial charge is 0.607 e. The molecule has 1 heterocycles. The van der Waals surface area contributed by atoms with Gasteiger partial charge in [-0.3, -0.25) is 9.59 Å². The second-order valence-electron chi connectivity index (χ2n) is 11.0. The van der Waals surface area contributed by atoms with Gasteiger partial charge in [0.25, 0.3) is 0 Å². The first-order valence-electron chi connectivity index (χ1n) is 13.0. The molecule has 1 saturated carbocycles. The maximum absolute atomic E-state index is 13.5. The van der Waals surface area contributed by atoms with Crippen molar-refractivity contribution in [3.63, 3.8) is 0 Å². The van der Waals surface area contributed by atoms with E-state index < -0.39 is 11.0 Å². The van der Waals surface area contributed by atoms with E-state index in [-0.39, 0.29) is 11.7 Å². The topological polar surface area (TPSA) is 73.7 Å². The standard InChI is InChI=1S/C31H34N3O3/c1-22(2)19-30(3)29(36)33(21-34(30)32)20-23-9-13-25(14-10-23)31(17-18-31)28(35)24-11-15-27(16-12-24)37-26-7-5-4-6-8-26/h4-16,22,32H,17-21H2,1-3H3/q-1. The third-order valence-electron chi connectivity index (χ3n) is 7.62. The van der Waals surface area contributed by atoms with Gasteiger partial charge in [-0.15, -0.1) is 0 Å². The summed E-state index contributed by atoms with van der Waals surface area (Å²) in [5, 5.41) is 1.41. The van der Waals surface area contributed by atoms with Crippen LogP contribution in [0.5, 0.6) is 11.5 Å². The average molecular weight is 497 g/mol. The summed E-state index contributed by atoms with van der Waals surface area (Å²) in [7, 11) is 0. The van der Waals surface area contributed by atoms with E-state index in [9.17, 15) is 9.59 Å². The van der Waals surface area contributed by atoms with Crippen molar-refractivity contribution in [1.29, 1.82) is 0 Å². The molecule has 37 heavy (non-hydrogen) atoms. The lowest BCUT2D eigenvalue weighted by atomic mass is 9.87. The Balaban J connectivity index is 1.25. The minimum Gasteiger partial charge on any atom is -0.607 e. The zero-order chi connectivity index (χ0) is 26.2. The first-order chi connectivity index (χ1) is 17.7. The summed E-state index contributed by atoms with van der Waals surface area (Å²) in [4.78, 5) is 28.3. The number of carbonyl (C=O) groups excluding carboxylic acids is 2. The van der Waals surface area contributed by atoms with Crippen LogP contribution in [0, 0.1) is 5.92 Å². The predicted molar refractivity (Wildman–Crippen MR) is 144 cm³/mol. The van der Waals surface area contributed by atoms with Gasteiger partial charge in [-0.25, -0.2) is 0 Å². The van der Waals surface area contributed by atoms with Gasteiger partial charge in [-0.1, -0.05) is 56.3 Å². The number of nitrogens with one attached hydrogen (secondary N) is 1. The molecule has 3 aromatic carbocycles. The first-order valence-corrected chi connectivity index (χ1v) is 13.0. The van der Waals surface area contributed by atoms with Crippen LogP contribution in [0.1, 0.15) is 61.5 Å². The van der Waals surface area contributed by atoms with E-state index >= 15 is 0 Å². The van der Waals surface area contributed by atoms with Crippen molar-refractivity contribution < 1.29 is 14.3 Å². The smallest absolute Gasteiger partial charge is 0.242 e. The summed E-state index contributed by atoms with van der Waals surface area (Å²) in [5.41, 5.74) is 1.46. The maximum Gasteiger partial charge on any atom is 0.242 e. The van der Waals surface area contributed by atoms with Gasteiger partial charge in [-0.2, -0.15) is 0 Å². The van der Waals surface area contributed by atoms with Gasteiger partial charge < -0.3 is 20.5 Å². The minimum atomic E-state index is -0.777. The number of ketones is 1. The van der Waals surface area contributed by atoms with E-state index in [0.29, 0.717) is 36.9 Å². The molecule has 2 aliphatic rings. The number of amides is 1. The Hall–Kier alpha value is -3.48. The zero-order valence-corrected chi connectivity index (χ0v) is 21.7. The van der Waals surface area contributed by atoms with E-state index in [1.165, 1.54) is 5.01 Å². The molecule has 1 aliphatic carbocycles. The van der Waals surface area contributed by atoms with Gasteiger partial charge in [0.05, 0.1) is 17.6 Å². The van der Waals surface area contributed by atoms with Crippen molar-refractivity contribution in [2.24, 2.45) is 5.92 Å². The highest BCUT2D eigenvalue weighted by Crippen LogP contribution is 2.50. The van der Waals surface area contributed by atoms with Crippen LogP contribution in [-0.4, -0.2) is 33.8 Å². The molecule has 5 rings (SSSR count). The molecule has 3 aromatic rings. The summed E-state index contributed by atoms with van der Waals surface area (Å²) < 4.78 is 5.86. The Morgan fingerprint density at radius 3 is 2.16 bits per heavy atom. The molecule has 0 spiro atoms. The fourth-order valence-electron chi connectivity index (χ4n) is 5.46. The molecule has 1 amide bonds. The normalized spacial score (nSPS) is 20.9. The van der Waals surface area contributed by atoms with Crippen molar-refractivity contribution in [1.82, 2.24) is 9.91 Å². The highest BCUT2D eigenvalue weighted by molar-refractivity contribution is 6.06. The van der Waals surface area contributed by atoms with Crippen LogP contribution < -0.4 is 4.74 Å². The highest BCUT2D eigenvalue weighted by Gasteiger charge is 2.51.